The number of urea groups is 1. The smallest absolute Gasteiger partial charge is 0.308 e. The van der Waals surface area contributed by atoms with Crippen LogP contribution in [0.2, 0.25) is 0 Å². The van der Waals surface area contributed by atoms with Crippen molar-refractivity contribution in [2.45, 2.75) is 47.7 Å². The molecule has 0 fully saturated rings. The van der Waals surface area contributed by atoms with E-state index in [0.29, 0.717) is 17.1 Å². The minimum atomic E-state index is -1.15. The quantitative estimate of drug-likeness (QED) is 0.755. The van der Waals surface area contributed by atoms with Crippen molar-refractivity contribution in [1.82, 2.24) is 5.32 Å². The lowest BCUT2D eigenvalue weighted by atomic mass is 9.90. The van der Waals surface area contributed by atoms with E-state index in [0.717, 1.165) is 16.7 Å². The van der Waals surface area contributed by atoms with Crippen LogP contribution in [0.5, 0.6) is 0 Å². The van der Waals surface area contributed by atoms with Gasteiger partial charge in [0.05, 0.1) is 12.2 Å². The van der Waals surface area contributed by atoms with Crippen molar-refractivity contribution < 1.29 is 14.4 Å². The molecule has 3 rings (SSSR count). The number of fused-ring (bicyclic) bond motifs is 1. The van der Waals surface area contributed by atoms with Gasteiger partial charge in [0.25, 0.3) is 5.91 Å². The number of nitrogens with zero attached hydrogens (tertiary/aromatic N) is 2. The third-order valence-electron chi connectivity index (χ3n) is 5.40. The van der Waals surface area contributed by atoms with Gasteiger partial charge in [-0.1, -0.05) is 51.1 Å². The molecular weight excluding hydrogens is 404 g/mol. The van der Waals surface area contributed by atoms with E-state index in [1.165, 1.54) is 4.90 Å². The van der Waals surface area contributed by atoms with E-state index in [1.54, 1.807) is 13.0 Å². The Hall–Kier alpha value is -3.48. The van der Waals surface area contributed by atoms with Crippen LogP contribution in [0.3, 0.4) is 0 Å². The molecule has 0 aromatic heterocycles. The van der Waals surface area contributed by atoms with Crippen molar-refractivity contribution >= 4 is 34.8 Å². The van der Waals surface area contributed by atoms with Crippen LogP contribution in [-0.4, -0.2) is 36.1 Å². The number of hydrogen-bond acceptors (Lipinski definition) is 4. The molecule has 1 aliphatic rings. The summed E-state index contributed by atoms with van der Waals surface area (Å²) in [7, 11) is 0. The molecule has 0 radical (unpaired) electrons. The van der Waals surface area contributed by atoms with Crippen molar-refractivity contribution in [2.75, 3.05) is 16.8 Å². The highest BCUT2D eigenvalue weighted by atomic mass is 16.2. The van der Waals surface area contributed by atoms with Gasteiger partial charge >= 0.3 is 6.03 Å². The standard InChI is InChI=1S/C25H30N4O3/c1-15-9-7-11-18(13-15)27-24(32)28-22-23(31)29(14-20(30)25(4,5)6)21-16(2)10-8-12-19(21)17(3)26-22/h7-13,22H,14H2,1-6H3,(H2,27,28,32). The van der Waals surface area contributed by atoms with E-state index in [1.807, 2.05) is 71.0 Å². The molecule has 2 aromatic rings. The number of carbonyl (C=O) groups excluding carboxylic acids is 3. The summed E-state index contributed by atoms with van der Waals surface area (Å²) < 4.78 is 0. The van der Waals surface area contributed by atoms with Crippen LogP contribution in [0.25, 0.3) is 0 Å². The molecule has 3 amide bonds. The zero-order valence-corrected chi connectivity index (χ0v) is 19.4. The predicted molar refractivity (Wildman–Crippen MR) is 127 cm³/mol. The first-order valence-corrected chi connectivity index (χ1v) is 10.6. The Morgan fingerprint density at radius 2 is 1.75 bits per heavy atom. The minimum absolute atomic E-state index is 0.0810. The summed E-state index contributed by atoms with van der Waals surface area (Å²) in [5, 5.41) is 5.40. The van der Waals surface area contributed by atoms with Gasteiger partial charge in [0.15, 0.2) is 5.78 Å². The first-order chi connectivity index (χ1) is 15.0. The Labute approximate surface area is 188 Å². The highest BCUT2D eigenvalue weighted by Gasteiger charge is 2.35. The summed E-state index contributed by atoms with van der Waals surface area (Å²) in [5.74, 6) is -0.531. The SMILES string of the molecule is CC1=NC(NC(=O)Nc2cccc(C)c2)C(=O)N(CC(=O)C(C)(C)C)c2c(C)cccc21. The molecule has 1 heterocycles. The summed E-state index contributed by atoms with van der Waals surface area (Å²) in [6.07, 6.45) is -1.15. The van der Waals surface area contributed by atoms with Crippen LogP contribution in [0.1, 0.15) is 44.4 Å². The van der Waals surface area contributed by atoms with E-state index in [2.05, 4.69) is 15.6 Å². The fourth-order valence-corrected chi connectivity index (χ4v) is 3.53. The van der Waals surface area contributed by atoms with Gasteiger partial charge in [-0.2, -0.15) is 0 Å². The Balaban J connectivity index is 1.94. The average Bonchev–Trinajstić information content (AvgIpc) is 2.78. The number of rotatable bonds is 4. The molecule has 0 spiro atoms. The van der Waals surface area contributed by atoms with E-state index in [4.69, 9.17) is 0 Å². The van der Waals surface area contributed by atoms with Crippen molar-refractivity contribution in [2.24, 2.45) is 10.4 Å². The second-order valence-corrected chi connectivity index (χ2v) is 9.15. The second kappa shape index (κ2) is 8.94. The lowest BCUT2D eigenvalue weighted by Gasteiger charge is -2.29. The molecule has 1 atom stereocenters. The maximum atomic E-state index is 13.5. The molecule has 1 unspecified atom stereocenters. The van der Waals surface area contributed by atoms with Gasteiger partial charge in [0.2, 0.25) is 6.17 Å². The topological polar surface area (TPSA) is 90.9 Å². The fraction of sp³-hybridized carbons (Fsp3) is 0.360. The van der Waals surface area contributed by atoms with Gasteiger partial charge in [-0.05, 0) is 44.0 Å². The molecule has 0 saturated heterocycles. The van der Waals surface area contributed by atoms with Gasteiger partial charge in [0.1, 0.15) is 0 Å². The van der Waals surface area contributed by atoms with Crippen LogP contribution in [-0.2, 0) is 9.59 Å². The molecule has 32 heavy (non-hydrogen) atoms. The second-order valence-electron chi connectivity index (χ2n) is 9.15. The molecule has 7 heteroatoms. The summed E-state index contributed by atoms with van der Waals surface area (Å²) in [5.41, 5.74) is 3.89. The first-order valence-electron chi connectivity index (χ1n) is 10.6. The number of nitrogens with one attached hydrogen (secondary N) is 2. The Bertz CT molecular complexity index is 1100. The largest absolute Gasteiger partial charge is 0.321 e. The molecule has 1 aliphatic heterocycles. The lowest BCUT2D eigenvalue weighted by molar-refractivity contribution is -0.127. The maximum absolute atomic E-state index is 13.5. The van der Waals surface area contributed by atoms with Crippen LogP contribution in [0.4, 0.5) is 16.2 Å². The van der Waals surface area contributed by atoms with Crippen LogP contribution in [0.15, 0.2) is 47.5 Å². The molecule has 0 saturated carbocycles. The van der Waals surface area contributed by atoms with E-state index >= 15 is 0 Å². The summed E-state index contributed by atoms with van der Waals surface area (Å²) in [6.45, 7) is 11.0. The molecule has 2 aromatic carbocycles. The summed E-state index contributed by atoms with van der Waals surface area (Å²) in [4.78, 5) is 45.0. The van der Waals surface area contributed by atoms with Gasteiger partial charge < -0.3 is 15.5 Å². The number of aryl methyl sites for hydroxylation is 2. The number of benzene rings is 2. The van der Waals surface area contributed by atoms with Crippen molar-refractivity contribution in [3.05, 3.63) is 59.2 Å². The molecule has 0 bridgehead atoms. The highest BCUT2D eigenvalue weighted by Crippen LogP contribution is 2.30. The summed E-state index contributed by atoms with van der Waals surface area (Å²) >= 11 is 0. The lowest BCUT2D eigenvalue weighted by Crippen LogP contribution is -2.51. The Morgan fingerprint density at radius 1 is 1.06 bits per heavy atom. The number of amides is 3. The third kappa shape index (κ3) is 5.04. The number of para-hydroxylation sites is 1. The van der Waals surface area contributed by atoms with Gasteiger partial charge in [0, 0.05) is 22.4 Å². The van der Waals surface area contributed by atoms with E-state index in [-0.39, 0.29) is 12.3 Å². The molecule has 7 nitrogen and oxygen atoms in total. The van der Waals surface area contributed by atoms with Gasteiger partial charge in [-0.3, -0.25) is 14.6 Å². The number of benzodiazepines with no additional fused rings is 1. The fourth-order valence-electron chi connectivity index (χ4n) is 3.53. The van der Waals surface area contributed by atoms with E-state index < -0.39 is 23.5 Å². The normalized spacial score (nSPS) is 16.1. The number of Topliss-reactive ketones (excluding diaryl/α,β-unsaturated/α-hetero) is 1. The van der Waals surface area contributed by atoms with Crippen LogP contribution < -0.4 is 15.5 Å². The molecule has 168 valence electrons. The number of anilines is 2. The van der Waals surface area contributed by atoms with Crippen molar-refractivity contribution in [3.63, 3.8) is 0 Å². The third-order valence-corrected chi connectivity index (χ3v) is 5.40. The van der Waals surface area contributed by atoms with Crippen LogP contribution >= 0.6 is 0 Å². The van der Waals surface area contributed by atoms with Crippen molar-refractivity contribution in [3.8, 4) is 0 Å². The number of hydrogen-bond donors (Lipinski definition) is 2. The average molecular weight is 435 g/mol. The molecular formula is C25H30N4O3. The maximum Gasteiger partial charge on any atom is 0.321 e. The predicted octanol–water partition coefficient (Wildman–Crippen LogP) is 4.22. The number of carbonyl (C=O) groups is 3. The Morgan fingerprint density at radius 3 is 2.41 bits per heavy atom. The van der Waals surface area contributed by atoms with Crippen molar-refractivity contribution in [1.29, 1.82) is 0 Å². The molecule has 2 N–H and O–H groups in total. The zero-order valence-electron chi connectivity index (χ0n) is 19.4. The number of ketones is 1. The minimum Gasteiger partial charge on any atom is -0.308 e. The Kier molecular flexibility index (Phi) is 6.48. The summed E-state index contributed by atoms with van der Waals surface area (Å²) in [6, 6.07) is 12.5. The van der Waals surface area contributed by atoms with Gasteiger partial charge in [-0.15, -0.1) is 0 Å². The van der Waals surface area contributed by atoms with Gasteiger partial charge in [-0.25, -0.2) is 4.79 Å². The molecule has 0 aliphatic carbocycles. The monoisotopic (exact) mass is 434 g/mol. The first kappa shape index (κ1) is 23.2. The van der Waals surface area contributed by atoms with Crippen LogP contribution in [0, 0.1) is 19.3 Å². The zero-order chi connectivity index (χ0) is 23.6. The van der Waals surface area contributed by atoms with E-state index in [9.17, 15) is 14.4 Å². The number of aliphatic imine (C=N–C) groups is 1. The highest BCUT2D eigenvalue weighted by molar-refractivity contribution is 6.14.